The van der Waals surface area contributed by atoms with Crippen LogP contribution in [0.4, 0.5) is 0 Å². The quantitative estimate of drug-likeness (QED) is 0.163. The normalized spacial score (nSPS) is 11.7. The second-order valence-corrected chi connectivity index (χ2v) is 8.75. The molecule has 1 heterocycles. The van der Waals surface area contributed by atoms with Crippen molar-refractivity contribution in [1.82, 2.24) is 14.9 Å². The first-order valence-corrected chi connectivity index (χ1v) is 10.4. The maximum atomic E-state index is 12.1. The number of guanidine groups is 1. The summed E-state index contributed by atoms with van der Waals surface area (Å²) in [4.78, 5) is 6.48. The summed E-state index contributed by atoms with van der Waals surface area (Å²) in [7, 11) is -1.56. The van der Waals surface area contributed by atoms with Gasteiger partial charge in [0.15, 0.2) is 5.96 Å². The molecule has 0 aliphatic rings. The molecule has 1 rings (SSSR count). The second kappa shape index (κ2) is 12.9. The number of allylic oxidation sites excluding steroid dienone is 1. The van der Waals surface area contributed by atoms with Crippen molar-refractivity contribution in [3.8, 4) is 0 Å². The van der Waals surface area contributed by atoms with E-state index in [0.717, 1.165) is 43.2 Å². The lowest BCUT2D eigenvalue weighted by atomic mass is 10.3. The zero-order chi connectivity index (χ0) is 18.0. The number of hydrogen-bond donors (Lipinski definition) is 2. The highest BCUT2D eigenvalue weighted by Crippen LogP contribution is 2.25. The van der Waals surface area contributed by atoms with Crippen LogP contribution in [0, 0.1) is 0 Å². The van der Waals surface area contributed by atoms with E-state index in [0.29, 0.717) is 10.9 Å². The van der Waals surface area contributed by atoms with Gasteiger partial charge in [0.25, 0.3) is 0 Å². The minimum atomic E-state index is -3.52. The first-order chi connectivity index (χ1) is 11.4. The first kappa shape index (κ1) is 24.6. The lowest BCUT2D eigenvalue weighted by Gasteiger charge is -2.21. The van der Waals surface area contributed by atoms with Crippen LogP contribution in [-0.2, 0) is 10.0 Å². The topological polar surface area (TPSA) is 73.8 Å². The van der Waals surface area contributed by atoms with Crippen LogP contribution in [0.25, 0.3) is 0 Å². The standard InChI is InChI=1S/C15H25ClN4O2S2.HI/c1-4-6-7-12-20(3)15(17-5-2)18-10-11-19-24(21,22)14-9-8-13(16)23-14;/h4,8-9,19H,1,5-7,10-12H2,2-3H3,(H,17,18);1H. The van der Waals surface area contributed by atoms with Gasteiger partial charge in [0.1, 0.15) is 4.21 Å². The molecule has 0 radical (unpaired) electrons. The number of sulfonamides is 1. The van der Waals surface area contributed by atoms with E-state index in [2.05, 4.69) is 21.6 Å². The number of unbranched alkanes of at least 4 members (excludes halogenated alkanes) is 1. The van der Waals surface area contributed by atoms with E-state index in [9.17, 15) is 8.42 Å². The molecule has 6 nitrogen and oxygen atoms in total. The minimum Gasteiger partial charge on any atom is -0.357 e. The molecule has 0 aliphatic carbocycles. The molecule has 1 aromatic heterocycles. The summed E-state index contributed by atoms with van der Waals surface area (Å²) in [5, 5.41) is 3.20. The van der Waals surface area contributed by atoms with Crippen LogP contribution >= 0.6 is 46.9 Å². The summed E-state index contributed by atoms with van der Waals surface area (Å²) >= 11 is 6.81. The van der Waals surface area contributed by atoms with Crippen molar-refractivity contribution in [1.29, 1.82) is 0 Å². The van der Waals surface area contributed by atoms with Gasteiger partial charge in [-0.2, -0.15) is 0 Å². The third-order valence-corrected chi connectivity index (χ3v) is 6.26. The molecule has 0 saturated heterocycles. The fraction of sp³-hybridized carbons (Fsp3) is 0.533. The third-order valence-electron chi connectivity index (χ3n) is 3.08. The van der Waals surface area contributed by atoms with Gasteiger partial charge in [-0.15, -0.1) is 41.9 Å². The lowest BCUT2D eigenvalue weighted by molar-refractivity contribution is 0.470. The third kappa shape index (κ3) is 9.23. The van der Waals surface area contributed by atoms with Gasteiger partial charge in [0, 0.05) is 26.7 Å². The Kier molecular flexibility index (Phi) is 12.7. The summed E-state index contributed by atoms with van der Waals surface area (Å²) in [6.45, 7) is 7.90. The summed E-state index contributed by atoms with van der Waals surface area (Å²) < 4.78 is 27.4. The molecule has 0 unspecified atom stereocenters. The van der Waals surface area contributed by atoms with Gasteiger partial charge in [0.2, 0.25) is 10.0 Å². The Labute approximate surface area is 176 Å². The van der Waals surface area contributed by atoms with Crippen molar-refractivity contribution in [2.75, 3.05) is 33.2 Å². The number of rotatable bonds is 10. The lowest BCUT2D eigenvalue weighted by Crippen LogP contribution is -2.40. The van der Waals surface area contributed by atoms with Crippen LogP contribution in [0.3, 0.4) is 0 Å². The van der Waals surface area contributed by atoms with E-state index in [-0.39, 0.29) is 34.7 Å². The van der Waals surface area contributed by atoms with E-state index in [1.807, 2.05) is 24.9 Å². The van der Waals surface area contributed by atoms with Gasteiger partial charge in [-0.25, -0.2) is 13.1 Å². The van der Waals surface area contributed by atoms with Gasteiger partial charge >= 0.3 is 0 Å². The molecule has 0 aromatic carbocycles. The van der Waals surface area contributed by atoms with Gasteiger partial charge in [0.05, 0.1) is 10.9 Å². The van der Waals surface area contributed by atoms with Crippen LogP contribution in [-0.4, -0.2) is 52.5 Å². The van der Waals surface area contributed by atoms with Crippen molar-refractivity contribution >= 4 is 62.9 Å². The predicted octanol–water partition coefficient (Wildman–Crippen LogP) is 3.16. The zero-order valence-corrected chi connectivity index (χ0v) is 19.2. The highest BCUT2D eigenvalue weighted by atomic mass is 127. The number of nitrogens with zero attached hydrogens (tertiary/aromatic N) is 2. The fourth-order valence-corrected chi connectivity index (χ4v) is 4.45. The Hall–Kier alpha value is -0.360. The second-order valence-electron chi connectivity index (χ2n) is 5.04. The Morgan fingerprint density at radius 1 is 1.48 bits per heavy atom. The molecule has 0 bridgehead atoms. The highest BCUT2D eigenvalue weighted by Gasteiger charge is 2.15. The van der Waals surface area contributed by atoms with Crippen molar-refractivity contribution < 1.29 is 8.42 Å². The van der Waals surface area contributed by atoms with Crippen molar-refractivity contribution in [2.45, 2.75) is 24.0 Å². The molecular formula is C15H26ClIN4O2S2. The van der Waals surface area contributed by atoms with Gasteiger partial charge < -0.3 is 10.2 Å². The molecule has 2 N–H and O–H groups in total. The van der Waals surface area contributed by atoms with Crippen LogP contribution < -0.4 is 10.0 Å². The molecule has 0 atom stereocenters. The Morgan fingerprint density at radius 2 is 2.20 bits per heavy atom. The maximum absolute atomic E-state index is 12.1. The van der Waals surface area contributed by atoms with Gasteiger partial charge in [-0.1, -0.05) is 17.7 Å². The van der Waals surface area contributed by atoms with E-state index >= 15 is 0 Å². The molecular weight excluding hydrogens is 495 g/mol. The zero-order valence-electron chi connectivity index (χ0n) is 14.5. The smallest absolute Gasteiger partial charge is 0.250 e. The molecule has 0 aliphatic heterocycles. The highest BCUT2D eigenvalue weighted by molar-refractivity contribution is 14.0. The van der Waals surface area contributed by atoms with Crippen LogP contribution in [0.5, 0.6) is 0 Å². The molecule has 1 aromatic rings. The van der Waals surface area contributed by atoms with Crippen LogP contribution in [0.15, 0.2) is 34.0 Å². The van der Waals surface area contributed by atoms with Crippen molar-refractivity contribution in [3.63, 3.8) is 0 Å². The summed E-state index contributed by atoms with van der Waals surface area (Å²) in [6, 6.07) is 3.07. The molecule has 144 valence electrons. The average Bonchev–Trinajstić information content (AvgIpc) is 2.98. The predicted molar refractivity (Wildman–Crippen MR) is 118 cm³/mol. The largest absolute Gasteiger partial charge is 0.357 e. The molecule has 0 saturated carbocycles. The van der Waals surface area contributed by atoms with E-state index in [4.69, 9.17) is 11.6 Å². The SMILES string of the molecule is C=CCCCN(C)C(=NCCNS(=O)(=O)c1ccc(Cl)s1)NCC.I. The molecule has 0 spiro atoms. The van der Waals surface area contributed by atoms with Gasteiger partial charge in [-0.05, 0) is 31.9 Å². The minimum absolute atomic E-state index is 0. The fourth-order valence-electron chi connectivity index (χ4n) is 1.90. The van der Waals surface area contributed by atoms with Crippen molar-refractivity contribution in [2.24, 2.45) is 4.99 Å². The first-order valence-electron chi connectivity index (χ1n) is 7.76. The molecule has 0 fully saturated rings. The Balaban J connectivity index is 0.00000576. The average molecular weight is 521 g/mol. The number of aliphatic imine (C=N–C) groups is 1. The van der Waals surface area contributed by atoms with E-state index < -0.39 is 10.0 Å². The van der Waals surface area contributed by atoms with E-state index in [1.165, 1.54) is 6.07 Å². The van der Waals surface area contributed by atoms with Crippen molar-refractivity contribution in [3.05, 3.63) is 29.1 Å². The molecule has 0 amide bonds. The summed E-state index contributed by atoms with van der Waals surface area (Å²) in [6.07, 6.45) is 3.84. The summed E-state index contributed by atoms with van der Waals surface area (Å²) in [5.74, 6) is 0.764. The molecule has 25 heavy (non-hydrogen) atoms. The van der Waals surface area contributed by atoms with Crippen LogP contribution in [0.2, 0.25) is 4.34 Å². The monoisotopic (exact) mass is 520 g/mol. The number of halogens is 2. The Bertz CT molecular complexity index is 650. The van der Waals surface area contributed by atoms with Crippen LogP contribution in [0.1, 0.15) is 19.8 Å². The maximum Gasteiger partial charge on any atom is 0.250 e. The Morgan fingerprint density at radius 3 is 2.76 bits per heavy atom. The number of thiophene rings is 1. The van der Waals surface area contributed by atoms with Gasteiger partial charge in [-0.3, -0.25) is 4.99 Å². The number of hydrogen-bond acceptors (Lipinski definition) is 4. The summed E-state index contributed by atoms with van der Waals surface area (Å²) in [5.41, 5.74) is 0. The molecule has 10 heteroatoms. The van der Waals surface area contributed by atoms with E-state index in [1.54, 1.807) is 6.07 Å². The number of nitrogens with one attached hydrogen (secondary N) is 2.